The van der Waals surface area contributed by atoms with E-state index in [1.807, 2.05) is 12.1 Å². The van der Waals surface area contributed by atoms with Crippen molar-refractivity contribution in [3.63, 3.8) is 0 Å². The van der Waals surface area contributed by atoms with Crippen molar-refractivity contribution >= 4 is 31.6 Å². The van der Waals surface area contributed by atoms with Crippen LogP contribution in [0.15, 0.2) is 51.8 Å². The molecule has 0 fully saturated rings. The van der Waals surface area contributed by atoms with E-state index in [1.165, 1.54) is 25.2 Å². The van der Waals surface area contributed by atoms with E-state index in [4.69, 9.17) is 10.5 Å². The van der Waals surface area contributed by atoms with Gasteiger partial charge in [-0.1, -0.05) is 22.0 Å². The van der Waals surface area contributed by atoms with Gasteiger partial charge in [0.15, 0.2) is 5.75 Å². The molecule has 106 valence electrons. The van der Waals surface area contributed by atoms with Crippen LogP contribution in [0.25, 0.3) is 0 Å². The number of anilines is 1. The summed E-state index contributed by atoms with van der Waals surface area (Å²) in [5.74, 6) is 0.851. The van der Waals surface area contributed by atoms with E-state index in [-0.39, 0.29) is 4.90 Å². The number of ether oxygens (including phenoxy) is 1. The molecule has 0 radical (unpaired) electrons. The third-order valence-corrected chi connectivity index (χ3v) is 4.49. The Morgan fingerprint density at radius 2 is 1.95 bits per heavy atom. The number of nitrogens with one attached hydrogen (secondary N) is 1. The standard InChI is InChI=1S/C13H13BrN2O3S/c1-16-20(17,18)11-5-6-12(15)13(8-11)19-10-4-2-3-9(14)7-10/h2-8,16H,15H2,1H3. The summed E-state index contributed by atoms with van der Waals surface area (Å²) in [4.78, 5) is 0.0965. The number of hydrogen-bond donors (Lipinski definition) is 2. The van der Waals surface area contributed by atoms with E-state index in [2.05, 4.69) is 20.7 Å². The third-order valence-electron chi connectivity index (χ3n) is 2.59. The van der Waals surface area contributed by atoms with Crippen molar-refractivity contribution in [3.8, 4) is 11.5 Å². The van der Waals surface area contributed by atoms with Crippen LogP contribution in [-0.2, 0) is 10.0 Å². The number of halogens is 1. The van der Waals surface area contributed by atoms with Gasteiger partial charge in [0.25, 0.3) is 0 Å². The molecule has 0 heterocycles. The zero-order chi connectivity index (χ0) is 14.8. The van der Waals surface area contributed by atoms with Crippen molar-refractivity contribution in [1.29, 1.82) is 0 Å². The van der Waals surface area contributed by atoms with Crippen LogP contribution in [0.4, 0.5) is 5.69 Å². The van der Waals surface area contributed by atoms with Gasteiger partial charge in [0.1, 0.15) is 5.75 Å². The molecule has 0 bridgehead atoms. The van der Waals surface area contributed by atoms with Crippen LogP contribution in [-0.4, -0.2) is 15.5 Å². The molecule has 20 heavy (non-hydrogen) atoms. The van der Waals surface area contributed by atoms with Gasteiger partial charge in [-0.3, -0.25) is 0 Å². The SMILES string of the molecule is CNS(=O)(=O)c1ccc(N)c(Oc2cccc(Br)c2)c1. The first-order chi connectivity index (χ1) is 9.42. The number of benzene rings is 2. The van der Waals surface area contributed by atoms with Crippen molar-refractivity contribution in [1.82, 2.24) is 4.72 Å². The van der Waals surface area contributed by atoms with Gasteiger partial charge >= 0.3 is 0 Å². The lowest BCUT2D eigenvalue weighted by Crippen LogP contribution is -2.18. The Kier molecular flexibility index (Phi) is 4.32. The average Bonchev–Trinajstić information content (AvgIpc) is 2.41. The normalized spacial score (nSPS) is 11.3. The summed E-state index contributed by atoms with van der Waals surface area (Å²) in [5, 5.41) is 0. The monoisotopic (exact) mass is 356 g/mol. The summed E-state index contributed by atoms with van der Waals surface area (Å²) in [6, 6.07) is 11.5. The summed E-state index contributed by atoms with van der Waals surface area (Å²) in [6.07, 6.45) is 0. The molecule has 0 spiro atoms. The Morgan fingerprint density at radius 1 is 1.20 bits per heavy atom. The molecule has 0 saturated heterocycles. The number of nitrogens with two attached hydrogens (primary N) is 1. The molecule has 2 aromatic carbocycles. The first kappa shape index (κ1) is 14.8. The maximum atomic E-state index is 11.8. The fourth-order valence-corrected chi connectivity index (χ4v) is 2.67. The van der Waals surface area contributed by atoms with Crippen LogP contribution in [0.2, 0.25) is 0 Å². The number of rotatable bonds is 4. The van der Waals surface area contributed by atoms with E-state index in [0.717, 1.165) is 4.47 Å². The number of nitrogen functional groups attached to an aromatic ring is 1. The summed E-state index contributed by atoms with van der Waals surface area (Å²) in [7, 11) is -2.18. The molecule has 0 aliphatic carbocycles. The largest absolute Gasteiger partial charge is 0.455 e. The van der Waals surface area contributed by atoms with Crippen molar-refractivity contribution in [2.75, 3.05) is 12.8 Å². The highest BCUT2D eigenvalue weighted by Gasteiger charge is 2.14. The van der Waals surface area contributed by atoms with Gasteiger partial charge in [0.2, 0.25) is 10.0 Å². The van der Waals surface area contributed by atoms with E-state index < -0.39 is 10.0 Å². The lowest BCUT2D eigenvalue weighted by molar-refractivity contribution is 0.482. The molecule has 3 N–H and O–H groups in total. The molecule has 0 atom stereocenters. The minimum Gasteiger partial charge on any atom is -0.455 e. The Bertz CT molecular complexity index is 732. The highest BCUT2D eigenvalue weighted by Crippen LogP contribution is 2.30. The van der Waals surface area contributed by atoms with E-state index in [9.17, 15) is 8.42 Å². The summed E-state index contributed by atoms with van der Waals surface area (Å²) >= 11 is 3.33. The molecule has 5 nitrogen and oxygen atoms in total. The Hall–Kier alpha value is -1.57. The minimum absolute atomic E-state index is 0.0965. The van der Waals surface area contributed by atoms with Crippen molar-refractivity contribution in [2.45, 2.75) is 4.90 Å². The average molecular weight is 357 g/mol. The quantitative estimate of drug-likeness (QED) is 0.825. The Balaban J connectivity index is 2.39. The summed E-state index contributed by atoms with van der Waals surface area (Å²) in [5.41, 5.74) is 6.17. The first-order valence-corrected chi connectivity index (χ1v) is 7.96. The molecular weight excluding hydrogens is 344 g/mol. The zero-order valence-electron chi connectivity index (χ0n) is 10.6. The highest BCUT2D eigenvalue weighted by atomic mass is 79.9. The Labute approximate surface area is 125 Å². The van der Waals surface area contributed by atoms with E-state index in [1.54, 1.807) is 12.1 Å². The van der Waals surface area contributed by atoms with Crippen molar-refractivity contribution in [2.24, 2.45) is 0 Å². The van der Waals surface area contributed by atoms with Gasteiger partial charge in [-0.15, -0.1) is 0 Å². The van der Waals surface area contributed by atoms with E-state index >= 15 is 0 Å². The molecule has 2 rings (SSSR count). The topological polar surface area (TPSA) is 81.4 Å². The van der Waals surface area contributed by atoms with Crippen molar-refractivity contribution < 1.29 is 13.2 Å². The second-order valence-corrected chi connectivity index (χ2v) is 6.77. The van der Waals surface area contributed by atoms with Crippen LogP contribution in [0.5, 0.6) is 11.5 Å². The minimum atomic E-state index is -3.53. The fourth-order valence-electron chi connectivity index (χ4n) is 1.55. The molecule has 0 saturated carbocycles. The lowest BCUT2D eigenvalue weighted by Gasteiger charge is -2.11. The van der Waals surface area contributed by atoms with Gasteiger partial charge in [0.05, 0.1) is 10.6 Å². The number of sulfonamides is 1. The smallest absolute Gasteiger partial charge is 0.240 e. The fraction of sp³-hybridized carbons (Fsp3) is 0.0769. The molecule has 0 unspecified atom stereocenters. The lowest BCUT2D eigenvalue weighted by atomic mass is 10.3. The molecule has 0 amide bonds. The van der Waals surface area contributed by atoms with Crippen LogP contribution < -0.4 is 15.2 Å². The Morgan fingerprint density at radius 3 is 2.60 bits per heavy atom. The second kappa shape index (κ2) is 5.82. The summed E-state index contributed by atoms with van der Waals surface area (Å²) in [6.45, 7) is 0. The van der Waals surface area contributed by atoms with Crippen molar-refractivity contribution in [3.05, 3.63) is 46.9 Å². The molecular formula is C13H13BrN2O3S. The van der Waals surface area contributed by atoms with Crippen LogP contribution >= 0.6 is 15.9 Å². The maximum Gasteiger partial charge on any atom is 0.240 e. The van der Waals surface area contributed by atoms with E-state index in [0.29, 0.717) is 17.2 Å². The van der Waals surface area contributed by atoms with Crippen LogP contribution in [0.1, 0.15) is 0 Å². The molecule has 7 heteroatoms. The molecule has 0 aromatic heterocycles. The van der Waals surface area contributed by atoms with Crippen LogP contribution in [0, 0.1) is 0 Å². The third kappa shape index (κ3) is 3.30. The zero-order valence-corrected chi connectivity index (χ0v) is 13.0. The molecule has 0 aliphatic rings. The predicted octanol–water partition coefficient (Wildman–Crippen LogP) is 2.73. The van der Waals surface area contributed by atoms with Gasteiger partial charge in [0, 0.05) is 10.5 Å². The molecule has 0 aliphatic heterocycles. The maximum absolute atomic E-state index is 11.8. The molecule has 2 aromatic rings. The highest BCUT2D eigenvalue weighted by molar-refractivity contribution is 9.10. The van der Waals surface area contributed by atoms with Gasteiger partial charge in [-0.25, -0.2) is 13.1 Å². The van der Waals surface area contributed by atoms with Gasteiger partial charge in [-0.2, -0.15) is 0 Å². The number of hydrogen-bond acceptors (Lipinski definition) is 4. The van der Waals surface area contributed by atoms with Gasteiger partial charge in [-0.05, 0) is 37.4 Å². The summed E-state index contributed by atoms with van der Waals surface area (Å²) < 4.78 is 32.2. The predicted molar refractivity (Wildman–Crippen MR) is 81.3 cm³/mol. The van der Waals surface area contributed by atoms with Gasteiger partial charge < -0.3 is 10.5 Å². The first-order valence-electron chi connectivity index (χ1n) is 5.69. The van der Waals surface area contributed by atoms with Crippen LogP contribution in [0.3, 0.4) is 0 Å². The second-order valence-electron chi connectivity index (χ2n) is 3.97.